The van der Waals surface area contributed by atoms with Gasteiger partial charge in [0.1, 0.15) is 0 Å². The maximum Gasteiger partial charge on any atom is 0.236 e. The quantitative estimate of drug-likeness (QED) is 0.743. The zero-order valence-electron chi connectivity index (χ0n) is 14.1. The van der Waals surface area contributed by atoms with Gasteiger partial charge in [-0.05, 0) is 57.5 Å². The molecule has 0 bridgehead atoms. The summed E-state index contributed by atoms with van der Waals surface area (Å²) in [6, 6.07) is 0. The Morgan fingerprint density at radius 2 is 2.00 bits per heavy atom. The van der Waals surface area contributed by atoms with Gasteiger partial charge in [0.15, 0.2) is 0 Å². The van der Waals surface area contributed by atoms with Crippen molar-refractivity contribution >= 4 is 5.91 Å². The molecular formula is C17H30N2O3. The van der Waals surface area contributed by atoms with Crippen molar-refractivity contribution in [1.29, 1.82) is 0 Å². The Morgan fingerprint density at radius 3 is 2.64 bits per heavy atom. The molecule has 2 saturated heterocycles. The van der Waals surface area contributed by atoms with E-state index >= 15 is 0 Å². The van der Waals surface area contributed by atoms with Gasteiger partial charge in [-0.1, -0.05) is 0 Å². The molecule has 0 aromatic rings. The van der Waals surface area contributed by atoms with Gasteiger partial charge in [-0.25, -0.2) is 0 Å². The Morgan fingerprint density at radius 1 is 1.27 bits per heavy atom. The van der Waals surface area contributed by atoms with Gasteiger partial charge in [0.2, 0.25) is 5.91 Å². The zero-order valence-corrected chi connectivity index (χ0v) is 14.1. The smallest absolute Gasteiger partial charge is 0.236 e. The van der Waals surface area contributed by atoms with E-state index in [4.69, 9.17) is 9.47 Å². The first kappa shape index (κ1) is 16.2. The molecule has 0 aromatic heterocycles. The molecule has 1 saturated carbocycles. The molecule has 1 amide bonds. The van der Waals surface area contributed by atoms with Crippen molar-refractivity contribution in [3.63, 3.8) is 0 Å². The normalized spacial score (nSPS) is 27.8. The second-order valence-corrected chi connectivity index (χ2v) is 7.74. The van der Waals surface area contributed by atoms with E-state index in [1.54, 1.807) is 0 Å². The van der Waals surface area contributed by atoms with Crippen LogP contribution in [0.3, 0.4) is 0 Å². The summed E-state index contributed by atoms with van der Waals surface area (Å²) in [6.45, 7) is 4.79. The summed E-state index contributed by atoms with van der Waals surface area (Å²) in [5, 5.41) is 0. The summed E-state index contributed by atoms with van der Waals surface area (Å²) in [6.07, 6.45) is 6.20. The largest absolute Gasteiger partial charge is 0.378 e. The molecule has 3 fully saturated rings. The fraction of sp³-hybridized carbons (Fsp3) is 0.941. The second kappa shape index (κ2) is 6.85. The average Bonchev–Trinajstić information content (AvgIpc) is 3.21. The van der Waals surface area contributed by atoms with Gasteiger partial charge in [-0.3, -0.25) is 4.79 Å². The van der Waals surface area contributed by atoms with Gasteiger partial charge in [0.25, 0.3) is 0 Å². The number of likely N-dealkylation sites (N-methyl/N-ethyl adjacent to an activating group) is 1. The van der Waals surface area contributed by atoms with E-state index in [0.717, 1.165) is 58.1 Å². The van der Waals surface area contributed by atoms with Crippen LogP contribution in [0.15, 0.2) is 0 Å². The van der Waals surface area contributed by atoms with Gasteiger partial charge in [0.05, 0.1) is 25.9 Å². The van der Waals surface area contributed by atoms with Crippen molar-refractivity contribution in [2.24, 2.45) is 11.3 Å². The van der Waals surface area contributed by atoms with Crippen LogP contribution in [0.4, 0.5) is 0 Å². The molecule has 1 aliphatic carbocycles. The fourth-order valence-corrected chi connectivity index (χ4v) is 3.60. The summed E-state index contributed by atoms with van der Waals surface area (Å²) in [5.41, 5.74) is 0.294. The van der Waals surface area contributed by atoms with Crippen LogP contribution in [0, 0.1) is 11.3 Å². The molecule has 1 unspecified atom stereocenters. The highest BCUT2D eigenvalue weighted by Gasteiger charge is 2.43. The number of ether oxygens (including phenoxy) is 2. The van der Waals surface area contributed by atoms with Gasteiger partial charge < -0.3 is 19.3 Å². The number of carbonyl (C=O) groups is 1. The zero-order chi connectivity index (χ0) is 15.6. The predicted octanol–water partition coefficient (Wildman–Crippen LogP) is 1.37. The van der Waals surface area contributed by atoms with Crippen LogP contribution in [-0.2, 0) is 14.3 Å². The van der Waals surface area contributed by atoms with Crippen molar-refractivity contribution < 1.29 is 14.3 Å². The van der Waals surface area contributed by atoms with Gasteiger partial charge in [0, 0.05) is 19.7 Å². The lowest BCUT2D eigenvalue weighted by Gasteiger charge is -2.38. The monoisotopic (exact) mass is 310 g/mol. The van der Waals surface area contributed by atoms with E-state index in [0.29, 0.717) is 12.0 Å². The average molecular weight is 310 g/mol. The molecule has 1 atom stereocenters. The molecule has 1 spiro atoms. The van der Waals surface area contributed by atoms with Gasteiger partial charge in [-0.2, -0.15) is 0 Å². The first-order chi connectivity index (χ1) is 10.6. The van der Waals surface area contributed by atoms with Crippen molar-refractivity contribution in [3.8, 4) is 0 Å². The molecule has 5 heteroatoms. The van der Waals surface area contributed by atoms with Crippen LogP contribution in [0.5, 0.6) is 0 Å². The number of piperidine rings is 1. The maximum atomic E-state index is 12.1. The van der Waals surface area contributed by atoms with Crippen molar-refractivity contribution in [3.05, 3.63) is 0 Å². The van der Waals surface area contributed by atoms with Crippen molar-refractivity contribution in [2.75, 3.05) is 53.6 Å². The van der Waals surface area contributed by atoms with E-state index in [2.05, 4.69) is 0 Å². The summed E-state index contributed by atoms with van der Waals surface area (Å²) in [7, 11) is 3.89. The first-order valence-electron chi connectivity index (χ1n) is 8.68. The molecule has 2 heterocycles. The lowest BCUT2D eigenvalue weighted by Crippen LogP contribution is -2.46. The Balaban J connectivity index is 1.39. The molecule has 3 rings (SSSR count). The topological polar surface area (TPSA) is 42.0 Å². The number of likely N-dealkylation sites (tertiary alicyclic amines) is 1. The van der Waals surface area contributed by atoms with Gasteiger partial charge in [-0.15, -0.1) is 0 Å². The third-order valence-corrected chi connectivity index (χ3v) is 5.27. The first-order valence-corrected chi connectivity index (χ1v) is 8.68. The summed E-state index contributed by atoms with van der Waals surface area (Å²) < 4.78 is 11.8. The van der Waals surface area contributed by atoms with E-state index in [-0.39, 0.29) is 12.0 Å². The van der Waals surface area contributed by atoms with Crippen LogP contribution in [0.2, 0.25) is 0 Å². The molecule has 126 valence electrons. The van der Waals surface area contributed by atoms with Crippen LogP contribution in [0.1, 0.15) is 32.1 Å². The Hall–Kier alpha value is -0.650. The maximum absolute atomic E-state index is 12.1. The SMILES string of the molecule is CN(C)CC(=O)N1CCC2(CC1)COC(COCC1CC1)C2. The second-order valence-electron chi connectivity index (χ2n) is 7.74. The summed E-state index contributed by atoms with van der Waals surface area (Å²) >= 11 is 0. The number of hydrogen-bond donors (Lipinski definition) is 0. The van der Waals surface area contributed by atoms with Crippen LogP contribution < -0.4 is 0 Å². The minimum atomic E-state index is 0.253. The van der Waals surface area contributed by atoms with E-state index in [1.165, 1.54) is 12.8 Å². The van der Waals surface area contributed by atoms with E-state index < -0.39 is 0 Å². The third kappa shape index (κ3) is 4.21. The lowest BCUT2D eigenvalue weighted by atomic mass is 9.76. The standard InChI is InChI=1S/C17H30N2O3/c1-18(2)10-16(20)19-7-5-17(6-8-19)9-15(22-13-17)12-21-11-14-3-4-14/h14-15H,3-13H2,1-2H3. The molecule has 3 aliphatic rings. The fourth-order valence-electron chi connectivity index (χ4n) is 3.60. The minimum absolute atomic E-state index is 0.253. The summed E-state index contributed by atoms with van der Waals surface area (Å²) in [5.74, 6) is 1.07. The molecule has 0 aromatic carbocycles. The molecule has 22 heavy (non-hydrogen) atoms. The van der Waals surface area contributed by atoms with Crippen LogP contribution >= 0.6 is 0 Å². The van der Waals surface area contributed by atoms with Crippen LogP contribution in [-0.4, -0.2) is 75.4 Å². The number of rotatable bonds is 6. The lowest BCUT2D eigenvalue weighted by molar-refractivity contribution is -0.134. The number of hydrogen-bond acceptors (Lipinski definition) is 4. The molecule has 5 nitrogen and oxygen atoms in total. The molecule has 0 N–H and O–H groups in total. The Bertz CT molecular complexity index is 387. The predicted molar refractivity (Wildman–Crippen MR) is 84.7 cm³/mol. The van der Waals surface area contributed by atoms with Crippen molar-refractivity contribution in [2.45, 2.75) is 38.2 Å². The van der Waals surface area contributed by atoms with Gasteiger partial charge >= 0.3 is 0 Å². The molecular weight excluding hydrogens is 280 g/mol. The number of amides is 1. The highest BCUT2D eigenvalue weighted by molar-refractivity contribution is 5.78. The molecule has 2 aliphatic heterocycles. The minimum Gasteiger partial charge on any atom is -0.378 e. The van der Waals surface area contributed by atoms with E-state index in [1.807, 2.05) is 23.9 Å². The highest BCUT2D eigenvalue weighted by Crippen LogP contribution is 2.42. The highest BCUT2D eigenvalue weighted by atomic mass is 16.5. The summed E-state index contributed by atoms with van der Waals surface area (Å²) in [4.78, 5) is 16.1. The Kier molecular flexibility index (Phi) is 5.05. The Labute approximate surface area is 133 Å². The number of carbonyl (C=O) groups excluding carboxylic acids is 1. The van der Waals surface area contributed by atoms with Crippen LogP contribution in [0.25, 0.3) is 0 Å². The number of nitrogens with zero attached hydrogens (tertiary/aromatic N) is 2. The third-order valence-electron chi connectivity index (χ3n) is 5.27. The van der Waals surface area contributed by atoms with E-state index in [9.17, 15) is 4.79 Å². The van der Waals surface area contributed by atoms with Crippen molar-refractivity contribution in [1.82, 2.24) is 9.80 Å². The molecule has 0 radical (unpaired) electrons.